The van der Waals surface area contributed by atoms with Crippen LogP contribution in [0.1, 0.15) is 38.8 Å². The number of hydrogen-bond acceptors (Lipinski definition) is 3. The fourth-order valence-corrected chi connectivity index (χ4v) is 2.09. The molecule has 0 radical (unpaired) electrons. The first-order valence-corrected chi connectivity index (χ1v) is 6.59. The maximum atomic E-state index is 5.61. The summed E-state index contributed by atoms with van der Waals surface area (Å²) in [4.78, 5) is 4.39. The fourth-order valence-electron chi connectivity index (χ4n) is 2.09. The molecule has 4 nitrogen and oxygen atoms in total. The summed E-state index contributed by atoms with van der Waals surface area (Å²) in [6.07, 6.45) is 8.06. The van der Waals surface area contributed by atoms with Crippen molar-refractivity contribution in [1.82, 2.24) is 14.9 Å². The van der Waals surface area contributed by atoms with Gasteiger partial charge in [0.25, 0.3) is 0 Å². The van der Waals surface area contributed by atoms with Gasteiger partial charge < -0.3 is 14.6 Å². The number of nitrogens with zero attached hydrogens (tertiary/aromatic N) is 2. The number of imidazole rings is 1. The Balaban J connectivity index is 1.73. The van der Waals surface area contributed by atoms with Crippen LogP contribution in [0.4, 0.5) is 0 Å². The van der Waals surface area contributed by atoms with Crippen molar-refractivity contribution in [3.63, 3.8) is 0 Å². The first-order chi connectivity index (χ1) is 8.24. The highest BCUT2D eigenvalue weighted by Gasteiger charge is 2.14. The van der Waals surface area contributed by atoms with E-state index >= 15 is 0 Å². The van der Waals surface area contributed by atoms with Crippen molar-refractivity contribution in [2.24, 2.45) is 0 Å². The first-order valence-electron chi connectivity index (χ1n) is 6.59. The molecule has 1 saturated heterocycles. The predicted molar refractivity (Wildman–Crippen MR) is 67.8 cm³/mol. The van der Waals surface area contributed by atoms with Crippen LogP contribution >= 0.6 is 0 Å². The van der Waals surface area contributed by atoms with Gasteiger partial charge in [-0.25, -0.2) is 4.98 Å². The van der Waals surface area contributed by atoms with Crippen molar-refractivity contribution in [1.29, 1.82) is 0 Å². The summed E-state index contributed by atoms with van der Waals surface area (Å²) in [5.41, 5.74) is 1.12. The lowest BCUT2D eigenvalue weighted by atomic mass is 10.2. The SMILES string of the molecule is CC(C)NCc1cn(CCC2CCCO2)cn1. The third kappa shape index (κ3) is 4.13. The quantitative estimate of drug-likeness (QED) is 0.822. The van der Waals surface area contributed by atoms with Gasteiger partial charge in [-0.05, 0) is 19.3 Å². The van der Waals surface area contributed by atoms with E-state index in [2.05, 4.69) is 34.9 Å². The minimum Gasteiger partial charge on any atom is -0.378 e. The molecule has 4 heteroatoms. The van der Waals surface area contributed by atoms with Crippen LogP contribution in [0.2, 0.25) is 0 Å². The van der Waals surface area contributed by atoms with E-state index < -0.39 is 0 Å². The number of hydrogen-bond donors (Lipinski definition) is 1. The first kappa shape index (κ1) is 12.6. The highest BCUT2D eigenvalue weighted by atomic mass is 16.5. The average molecular weight is 237 g/mol. The largest absolute Gasteiger partial charge is 0.378 e. The second-order valence-electron chi connectivity index (χ2n) is 5.06. The maximum absolute atomic E-state index is 5.61. The fraction of sp³-hybridized carbons (Fsp3) is 0.769. The number of nitrogens with one attached hydrogen (secondary N) is 1. The van der Waals surface area contributed by atoms with Gasteiger partial charge >= 0.3 is 0 Å². The Hall–Kier alpha value is -0.870. The molecule has 1 fully saturated rings. The summed E-state index contributed by atoms with van der Waals surface area (Å²) in [5, 5.41) is 3.37. The number of aryl methyl sites for hydroxylation is 1. The van der Waals surface area contributed by atoms with Crippen LogP contribution in [0.25, 0.3) is 0 Å². The zero-order valence-electron chi connectivity index (χ0n) is 10.9. The Morgan fingerprint density at radius 3 is 3.18 bits per heavy atom. The number of rotatable bonds is 6. The van der Waals surface area contributed by atoms with Crippen molar-refractivity contribution in [2.45, 2.75) is 58.3 Å². The van der Waals surface area contributed by atoms with E-state index in [1.807, 2.05) is 6.33 Å². The summed E-state index contributed by atoms with van der Waals surface area (Å²) in [6.45, 7) is 7.10. The molecule has 0 spiro atoms. The van der Waals surface area contributed by atoms with Crippen molar-refractivity contribution < 1.29 is 4.74 Å². The molecule has 1 aromatic heterocycles. The van der Waals surface area contributed by atoms with Crippen molar-refractivity contribution >= 4 is 0 Å². The van der Waals surface area contributed by atoms with Gasteiger partial charge in [-0.15, -0.1) is 0 Å². The lowest BCUT2D eigenvalue weighted by Crippen LogP contribution is -2.21. The Morgan fingerprint density at radius 1 is 1.59 bits per heavy atom. The second kappa shape index (κ2) is 6.17. The van der Waals surface area contributed by atoms with Crippen LogP contribution in [0, 0.1) is 0 Å². The molecule has 0 aliphatic carbocycles. The Morgan fingerprint density at radius 2 is 2.47 bits per heavy atom. The lowest BCUT2D eigenvalue weighted by Gasteiger charge is -2.09. The summed E-state index contributed by atoms with van der Waals surface area (Å²) in [5.74, 6) is 0. The van der Waals surface area contributed by atoms with Crippen LogP contribution in [-0.2, 0) is 17.8 Å². The lowest BCUT2D eigenvalue weighted by molar-refractivity contribution is 0.100. The van der Waals surface area contributed by atoms with Gasteiger partial charge in [-0.1, -0.05) is 13.8 Å². The molecule has 2 heterocycles. The average Bonchev–Trinajstić information content (AvgIpc) is 2.95. The molecular formula is C13H23N3O. The molecular weight excluding hydrogens is 214 g/mol. The molecule has 0 saturated carbocycles. The molecule has 17 heavy (non-hydrogen) atoms. The van der Waals surface area contributed by atoms with E-state index in [4.69, 9.17) is 4.74 Å². The monoisotopic (exact) mass is 237 g/mol. The van der Waals surface area contributed by atoms with Crippen LogP contribution in [-0.4, -0.2) is 28.3 Å². The Kier molecular flexibility index (Phi) is 4.57. The van der Waals surface area contributed by atoms with E-state index in [-0.39, 0.29) is 0 Å². The van der Waals surface area contributed by atoms with Crippen LogP contribution in [0.15, 0.2) is 12.5 Å². The topological polar surface area (TPSA) is 39.1 Å². The zero-order valence-corrected chi connectivity index (χ0v) is 10.9. The van der Waals surface area contributed by atoms with E-state index in [1.165, 1.54) is 12.8 Å². The summed E-state index contributed by atoms with van der Waals surface area (Å²) >= 11 is 0. The predicted octanol–water partition coefficient (Wildman–Crippen LogP) is 1.95. The molecule has 1 aliphatic heterocycles. The van der Waals surface area contributed by atoms with E-state index in [1.54, 1.807) is 0 Å². The summed E-state index contributed by atoms with van der Waals surface area (Å²) in [6, 6.07) is 0.507. The van der Waals surface area contributed by atoms with Gasteiger partial charge in [0.05, 0.1) is 18.1 Å². The minimum atomic E-state index is 0.467. The third-order valence-electron chi connectivity index (χ3n) is 3.11. The summed E-state index contributed by atoms with van der Waals surface area (Å²) in [7, 11) is 0. The van der Waals surface area contributed by atoms with E-state index in [0.717, 1.165) is 31.8 Å². The van der Waals surface area contributed by atoms with Crippen LogP contribution < -0.4 is 5.32 Å². The molecule has 96 valence electrons. The van der Waals surface area contributed by atoms with Crippen LogP contribution in [0.5, 0.6) is 0 Å². The Bertz CT molecular complexity index is 329. The van der Waals surface area contributed by atoms with E-state index in [0.29, 0.717) is 12.1 Å². The normalized spacial score (nSPS) is 20.3. The van der Waals surface area contributed by atoms with Crippen LogP contribution in [0.3, 0.4) is 0 Å². The highest BCUT2D eigenvalue weighted by molar-refractivity contribution is 4.96. The van der Waals surface area contributed by atoms with Gasteiger partial charge in [0, 0.05) is 31.9 Å². The van der Waals surface area contributed by atoms with Gasteiger partial charge in [-0.2, -0.15) is 0 Å². The molecule has 2 rings (SSSR count). The molecule has 1 aromatic rings. The van der Waals surface area contributed by atoms with Crippen molar-refractivity contribution in [3.05, 3.63) is 18.2 Å². The smallest absolute Gasteiger partial charge is 0.0949 e. The maximum Gasteiger partial charge on any atom is 0.0949 e. The molecule has 0 bridgehead atoms. The molecule has 0 amide bonds. The molecule has 1 unspecified atom stereocenters. The second-order valence-corrected chi connectivity index (χ2v) is 5.06. The standard InChI is InChI=1S/C13H23N3O/c1-11(2)14-8-12-9-16(10-15-12)6-5-13-4-3-7-17-13/h9-11,13-14H,3-8H2,1-2H3. The summed E-state index contributed by atoms with van der Waals surface area (Å²) < 4.78 is 7.78. The minimum absolute atomic E-state index is 0.467. The molecule has 1 atom stereocenters. The number of aromatic nitrogens is 2. The zero-order chi connectivity index (χ0) is 12.1. The van der Waals surface area contributed by atoms with E-state index in [9.17, 15) is 0 Å². The van der Waals surface area contributed by atoms with Gasteiger partial charge in [0.1, 0.15) is 0 Å². The molecule has 1 aliphatic rings. The van der Waals surface area contributed by atoms with Gasteiger partial charge in [-0.3, -0.25) is 0 Å². The number of ether oxygens (including phenoxy) is 1. The van der Waals surface area contributed by atoms with Crippen molar-refractivity contribution in [2.75, 3.05) is 6.61 Å². The van der Waals surface area contributed by atoms with Gasteiger partial charge in [0.15, 0.2) is 0 Å². The Labute approximate surface area is 103 Å². The van der Waals surface area contributed by atoms with Crippen molar-refractivity contribution in [3.8, 4) is 0 Å². The third-order valence-corrected chi connectivity index (χ3v) is 3.11. The molecule has 0 aromatic carbocycles. The van der Waals surface area contributed by atoms with Gasteiger partial charge in [0.2, 0.25) is 0 Å². The highest BCUT2D eigenvalue weighted by Crippen LogP contribution is 2.16. The molecule has 1 N–H and O–H groups in total.